The Morgan fingerprint density at radius 2 is 1.89 bits per heavy atom. The average Bonchev–Trinajstić information content (AvgIpc) is 3.58. The summed E-state index contributed by atoms with van der Waals surface area (Å²) in [6.45, 7) is 4.95. The van der Waals surface area contributed by atoms with Crippen molar-refractivity contribution in [2.75, 3.05) is 13.2 Å². The first-order valence-electron chi connectivity index (χ1n) is 18.1. The Labute approximate surface area is 273 Å². The first-order valence-corrected chi connectivity index (χ1v) is 18.1. The Bertz CT molecular complexity index is 1250. The summed E-state index contributed by atoms with van der Waals surface area (Å²) in [5, 5.41) is 49.7. The van der Waals surface area contributed by atoms with Crippen LogP contribution in [0.3, 0.4) is 0 Å². The predicted octanol–water partition coefficient (Wildman–Crippen LogP) is 4.18. The molecule has 9 heteroatoms. The van der Waals surface area contributed by atoms with Gasteiger partial charge in [-0.05, 0) is 120 Å². The number of carbonyl (C=O) groups excluding carboxylic acids is 1. The maximum atomic E-state index is 12.8. The van der Waals surface area contributed by atoms with Crippen LogP contribution in [0.4, 0.5) is 0 Å². The van der Waals surface area contributed by atoms with E-state index in [0.29, 0.717) is 32.4 Å². The molecule has 0 unspecified atom stereocenters. The Morgan fingerprint density at radius 1 is 1.07 bits per heavy atom. The summed E-state index contributed by atoms with van der Waals surface area (Å²) in [5.74, 6) is 0.0449. The summed E-state index contributed by atoms with van der Waals surface area (Å²) in [6.07, 6.45) is 16.6. The first-order chi connectivity index (χ1) is 22.0. The van der Waals surface area contributed by atoms with Crippen molar-refractivity contribution in [3.63, 3.8) is 0 Å². The average molecular weight is 642 g/mol. The highest BCUT2D eigenvalue weighted by atomic mass is 16.7. The summed E-state index contributed by atoms with van der Waals surface area (Å²) in [7, 11) is 0. The second kappa shape index (κ2) is 12.3. The molecule has 2 aliphatic heterocycles. The standard InChI is InChI=1S/C37H55NO8/c1-23-33(41)30(39)19-32(45-23)46-26-8-14-35(22-38-17-12-24-6-4-3-5-7-24)28-9-13-34(2)27(25-18-31(40)44-21-25)11-16-37(34,43)29(28)10-15-36(35,42)20-26/h6,12,17-18,23,26-30,32-33,38-39,41-43H,3-5,7-11,13-16,19-22H2,1-2H3/b17-12+/t23-,26-,27-,28-,29+,30+,32-,33+,34+,35-,36-,37-/m0/s1. The van der Waals surface area contributed by atoms with Crippen LogP contribution < -0.4 is 5.32 Å². The largest absolute Gasteiger partial charge is 0.458 e. The van der Waals surface area contributed by atoms with Gasteiger partial charge >= 0.3 is 5.97 Å². The number of fused-ring (bicyclic) bond motifs is 5. The minimum atomic E-state index is -0.989. The fourth-order valence-corrected chi connectivity index (χ4v) is 11.4. The quantitative estimate of drug-likeness (QED) is 0.205. The van der Waals surface area contributed by atoms with Crippen molar-refractivity contribution in [1.29, 1.82) is 0 Å². The molecule has 0 amide bonds. The lowest BCUT2D eigenvalue weighted by atomic mass is 9.41. The van der Waals surface area contributed by atoms with Gasteiger partial charge in [0, 0.05) is 36.3 Å². The Kier molecular flexibility index (Phi) is 8.76. The number of rotatable bonds is 7. The van der Waals surface area contributed by atoms with Crippen LogP contribution in [-0.2, 0) is 19.0 Å². The van der Waals surface area contributed by atoms with Crippen LogP contribution in [0.5, 0.6) is 0 Å². The Balaban J connectivity index is 1.14. The van der Waals surface area contributed by atoms with Crippen LogP contribution in [0.25, 0.3) is 0 Å². The SMILES string of the molecule is C[C@@H]1O[C@@H](O[C@H]2CC[C@]3(CN/C=C/C4=CCCCC4)[C@H]4CC[C@]5(C)[C@H](C6=CC(=O)OC6)CC[C@]5(O)[C@@H]4CC[C@]3(O)C2)C[C@@H](O)[C@@H]1O. The van der Waals surface area contributed by atoms with E-state index in [1.165, 1.54) is 18.4 Å². The lowest BCUT2D eigenvalue weighted by Crippen LogP contribution is -2.70. The third kappa shape index (κ3) is 5.32. The molecule has 5 aliphatic carbocycles. The van der Waals surface area contributed by atoms with Crippen LogP contribution in [-0.4, -0.2) is 81.5 Å². The van der Waals surface area contributed by atoms with Gasteiger partial charge in [0.05, 0.1) is 29.5 Å². The van der Waals surface area contributed by atoms with Crippen molar-refractivity contribution in [2.45, 2.75) is 146 Å². The molecule has 0 radical (unpaired) electrons. The van der Waals surface area contributed by atoms with Crippen molar-refractivity contribution >= 4 is 5.97 Å². The van der Waals surface area contributed by atoms with E-state index in [2.05, 4.69) is 30.6 Å². The summed E-state index contributed by atoms with van der Waals surface area (Å²) in [4.78, 5) is 12.0. The zero-order valence-corrected chi connectivity index (χ0v) is 27.7. The second-order valence-corrected chi connectivity index (χ2v) is 16.0. The fraction of sp³-hybridized carbons (Fsp3) is 0.811. The van der Waals surface area contributed by atoms with Gasteiger partial charge in [-0.15, -0.1) is 0 Å². The molecule has 46 heavy (non-hydrogen) atoms. The van der Waals surface area contributed by atoms with Crippen molar-refractivity contribution in [1.82, 2.24) is 5.32 Å². The molecule has 256 valence electrons. The highest BCUT2D eigenvalue weighted by Gasteiger charge is 2.71. The number of esters is 1. The van der Waals surface area contributed by atoms with E-state index in [-0.39, 0.29) is 41.7 Å². The van der Waals surface area contributed by atoms with Crippen molar-refractivity contribution in [3.05, 3.63) is 35.6 Å². The van der Waals surface area contributed by atoms with Gasteiger partial charge in [-0.25, -0.2) is 4.79 Å². The number of cyclic esters (lactones) is 1. The van der Waals surface area contributed by atoms with Gasteiger partial charge in [-0.1, -0.05) is 18.6 Å². The Hall–Kier alpha value is -1.75. The molecule has 0 aromatic rings. The van der Waals surface area contributed by atoms with Crippen molar-refractivity contribution < 1.29 is 39.4 Å². The predicted molar refractivity (Wildman–Crippen MR) is 171 cm³/mol. The van der Waals surface area contributed by atoms with Gasteiger partial charge in [0.15, 0.2) is 6.29 Å². The van der Waals surface area contributed by atoms with E-state index in [1.54, 1.807) is 13.0 Å². The van der Waals surface area contributed by atoms with Gasteiger partial charge in [-0.3, -0.25) is 0 Å². The van der Waals surface area contributed by atoms with E-state index >= 15 is 0 Å². The molecule has 0 aromatic heterocycles. The van der Waals surface area contributed by atoms with Crippen LogP contribution in [0, 0.1) is 28.6 Å². The fourth-order valence-electron chi connectivity index (χ4n) is 11.4. The van der Waals surface area contributed by atoms with E-state index in [1.807, 2.05) is 0 Å². The number of allylic oxidation sites excluding steroid dienone is 3. The van der Waals surface area contributed by atoms with Crippen LogP contribution >= 0.6 is 0 Å². The van der Waals surface area contributed by atoms with Crippen LogP contribution in [0.2, 0.25) is 0 Å². The third-order valence-corrected chi connectivity index (χ3v) is 13.9. The highest BCUT2D eigenvalue weighted by molar-refractivity contribution is 5.85. The van der Waals surface area contributed by atoms with Gasteiger partial charge < -0.3 is 40.0 Å². The molecule has 5 N–H and O–H groups in total. The summed E-state index contributed by atoms with van der Waals surface area (Å²) in [6, 6.07) is 0. The maximum Gasteiger partial charge on any atom is 0.331 e. The molecule has 1 saturated heterocycles. The van der Waals surface area contributed by atoms with Gasteiger partial charge in [-0.2, -0.15) is 0 Å². The summed E-state index contributed by atoms with van der Waals surface area (Å²) in [5.41, 5.74) is -0.258. The monoisotopic (exact) mass is 641 g/mol. The number of nitrogens with one attached hydrogen (secondary N) is 1. The highest BCUT2D eigenvalue weighted by Crippen LogP contribution is 2.70. The number of ether oxygens (including phenoxy) is 3. The Morgan fingerprint density at radius 3 is 2.63 bits per heavy atom. The van der Waals surface area contributed by atoms with Gasteiger partial charge in [0.1, 0.15) is 12.7 Å². The summed E-state index contributed by atoms with van der Waals surface area (Å²) < 4.78 is 17.6. The van der Waals surface area contributed by atoms with Crippen molar-refractivity contribution in [3.8, 4) is 0 Å². The molecule has 7 aliphatic rings. The second-order valence-electron chi connectivity index (χ2n) is 16.0. The van der Waals surface area contributed by atoms with E-state index < -0.39 is 41.2 Å². The number of aliphatic hydroxyl groups excluding tert-OH is 2. The smallest absolute Gasteiger partial charge is 0.331 e. The van der Waals surface area contributed by atoms with Crippen LogP contribution in [0.15, 0.2) is 35.6 Å². The topological polar surface area (TPSA) is 138 Å². The molecule has 5 fully saturated rings. The number of aliphatic hydroxyl groups is 4. The van der Waals surface area contributed by atoms with E-state index in [0.717, 1.165) is 56.9 Å². The zero-order chi connectivity index (χ0) is 32.3. The maximum absolute atomic E-state index is 12.8. The summed E-state index contributed by atoms with van der Waals surface area (Å²) >= 11 is 0. The number of hydrogen-bond acceptors (Lipinski definition) is 9. The molecular weight excluding hydrogens is 586 g/mol. The minimum Gasteiger partial charge on any atom is -0.458 e. The molecule has 2 heterocycles. The lowest BCUT2D eigenvalue weighted by molar-refractivity contribution is -0.292. The first kappa shape index (κ1) is 32.8. The molecule has 0 aromatic carbocycles. The molecule has 12 atom stereocenters. The van der Waals surface area contributed by atoms with Crippen molar-refractivity contribution in [2.24, 2.45) is 28.6 Å². The van der Waals surface area contributed by atoms with Gasteiger partial charge in [0.25, 0.3) is 0 Å². The molecule has 4 saturated carbocycles. The van der Waals surface area contributed by atoms with E-state index in [4.69, 9.17) is 14.2 Å². The number of carbonyl (C=O) groups is 1. The normalized spacial score (nSPS) is 49.0. The minimum absolute atomic E-state index is 0.0543. The zero-order valence-electron chi connectivity index (χ0n) is 27.7. The molecule has 0 bridgehead atoms. The molecule has 9 nitrogen and oxygen atoms in total. The third-order valence-electron chi connectivity index (χ3n) is 13.9. The molecule has 0 spiro atoms. The van der Waals surface area contributed by atoms with Crippen LogP contribution in [0.1, 0.15) is 104 Å². The van der Waals surface area contributed by atoms with E-state index in [9.17, 15) is 25.2 Å². The number of hydrogen-bond donors (Lipinski definition) is 5. The molecule has 7 rings (SSSR count). The van der Waals surface area contributed by atoms with Gasteiger partial charge in [0.2, 0.25) is 0 Å². The molecular formula is C37H55NO8. The lowest BCUT2D eigenvalue weighted by Gasteiger charge is -2.67.